The van der Waals surface area contributed by atoms with Crippen LogP contribution in [0.15, 0.2) is 48.5 Å². The number of anilines is 1. The highest BCUT2D eigenvalue weighted by Crippen LogP contribution is 2.31. The van der Waals surface area contributed by atoms with E-state index < -0.39 is 0 Å². The summed E-state index contributed by atoms with van der Waals surface area (Å²) in [6.45, 7) is 1.75. The predicted octanol–water partition coefficient (Wildman–Crippen LogP) is 3.31. The molecular weight excluding hydrogens is 358 g/mol. The van der Waals surface area contributed by atoms with E-state index in [4.69, 9.17) is 4.74 Å². The summed E-state index contributed by atoms with van der Waals surface area (Å²) in [4.78, 5) is 17.0. The van der Waals surface area contributed by atoms with Crippen LogP contribution in [0.25, 0.3) is 20.8 Å². The summed E-state index contributed by atoms with van der Waals surface area (Å²) in [5, 5.41) is 7.06. The number of aromatic nitrogens is 1. The molecule has 2 heterocycles. The number of amides is 1. The lowest BCUT2D eigenvalue weighted by molar-refractivity contribution is -0.120. The number of nitrogens with zero attached hydrogens (tertiary/aromatic N) is 1. The zero-order valence-corrected chi connectivity index (χ0v) is 15.0. The SMILES string of the molecule is Cl.O=C(Nc1cccc(-c2nc3ccccc3s2)c1)C1COCCN1. The minimum Gasteiger partial charge on any atom is -0.378 e. The number of thiazole rings is 1. The number of ether oxygens (including phenoxy) is 1. The van der Waals surface area contributed by atoms with Crippen LogP contribution in [0.4, 0.5) is 5.69 Å². The first-order chi connectivity index (χ1) is 11.8. The Bertz CT molecular complexity index is 844. The van der Waals surface area contributed by atoms with Crippen LogP contribution < -0.4 is 10.6 Å². The molecular formula is C18H18ClN3O2S. The average Bonchev–Trinajstić information content (AvgIpc) is 3.07. The Hall–Kier alpha value is -1.99. The van der Waals surface area contributed by atoms with E-state index in [9.17, 15) is 4.79 Å². The molecule has 1 amide bonds. The molecule has 1 fully saturated rings. The highest BCUT2D eigenvalue weighted by Gasteiger charge is 2.21. The molecule has 1 atom stereocenters. The fourth-order valence-electron chi connectivity index (χ4n) is 2.69. The highest BCUT2D eigenvalue weighted by atomic mass is 35.5. The van der Waals surface area contributed by atoms with Gasteiger partial charge in [-0.3, -0.25) is 4.79 Å². The number of hydrogen-bond acceptors (Lipinski definition) is 5. The molecule has 0 aliphatic carbocycles. The molecule has 7 heteroatoms. The maximum Gasteiger partial charge on any atom is 0.243 e. The smallest absolute Gasteiger partial charge is 0.243 e. The maximum absolute atomic E-state index is 12.3. The lowest BCUT2D eigenvalue weighted by atomic mass is 10.2. The minimum atomic E-state index is -0.301. The predicted molar refractivity (Wildman–Crippen MR) is 104 cm³/mol. The molecule has 0 spiro atoms. The topological polar surface area (TPSA) is 63.2 Å². The van der Waals surface area contributed by atoms with Crippen LogP contribution in [0.1, 0.15) is 0 Å². The van der Waals surface area contributed by atoms with Crippen molar-refractivity contribution in [1.29, 1.82) is 0 Å². The van der Waals surface area contributed by atoms with E-state index in [1.165, 1.54) is 0 Å². The second-order valence-corrected chi connectivity index (χ2v) is 6.67. The number of carbonyl (C=O) groups excluding carboxylic acids is 1. The van der Waals surface area contributed by atoms with E-state index in [0.29, 0.717) is 19.8 Å². The van der Waals surface area contributed by atoms with Crippen LogP contribution >= 0.6 is 23.7 Å². The van der Waals surface area contributed by atoms with Crippen molar-refractivity contribution < 1.29 is 9.53 Å². The number of benzene rings is 2. The Labute approximate surface area is 155 Å². The summed E-state index contributed by atoms with van der Waals surface area (Å²) in [7, 11) is 0. The highest BCUT2D eigenvalue weighted by molar-refractivity contribution is 7.21. The van der Waals surface area contributed by atoms with Crippen LogP contribution in [-0.4, -0.2) is 36.7 Å². The van der Waals surface area contributed by atoms with Gasteiger partial charge in [-0.1, -0.05) is 24.3 Å². The lowest BCUT2D eigenvalue weighted by Gasteiger charge is -2.22. The van der Waals surface area contributed by atoms with Gasteiger partial charge in [0.2, 0.25) is 5.91 Å². The third-order valence-electron chi connectivity index (χ3n) is 3.91. The molecule has 130 valence electrons. The summed E-state index contributed by atoms with van der Waals surface area (Å²) in [6.07, 6.45) is 0. The molecule has 2 N–H and O–H groups in total. The van der Waals surface area contributed by atoms with E-state index in [0.717, 1.165) is 26.5 Å². The molecule has 1 aliphatic heterocycles. The summed E-state index contributed by atoms with van der Waals surface area (Å²) < 4.78 is 6.49. The molecule has 0 saturated carbocycles. The van der Waals surface area contributed by atoms with Gasteiger partial charge in [0.25, 0.3) is 0 Å². The van der Waals surface area contributed by atoms with Crippen molar-refractivity contribution in [2.75, 3.05) is 25.1 Å². The van der Waals surface area contributed by atoms with E-state index in [1.807, 2.05) is 42.5 Å². The lowest BCUT2D eigenvalue weighted by Crippen LogP contribution is -2.48. The number of para-hydroxylation sites is 1. The summed E-state index contributed by atoms with van der Waals surface area (Å²) in [5.41, 5.74) is 2.77. The number of fused-ring (bicyclic) bond motifs is 1. The van der Waals surface area contributed by atoms with Crippen molar-refractivity contribution in [3.8, 4) is 10.6 Å². The van der Waals surface area contributed by atoms with E-state index in [-0.39, 0.29) is 24.4 Å². The number of morpholine rings is 1. The standard InChI is InChI=1S/C18H17N3O2S.ClH/c22-17(15-11-23-9-8-19-15)20-13-5-3-4-12(10-13)18-21-14-6-1-2-7-16(14)24-18;/h1-7,10,15,19H,8-9,11H2,(H,20,22);1H. The van der Waals surface area contributed by atoms with Gasteiger partial charge in [-0.2, -0.15) is 0 Å². The molecule has 25 heavy (non-hydrogen) atoms. The van der Waals surface area contributed by atoms with Crippen molar-refractivity contribution in [1.82, 2.24) is 10.3 Å². The Kier molecular flexibility index (Phi) is 5.65. The molecule has 3 aromatic rings. The zero-order valence-electron chi connectivity index (χ0n) is 13.4. The molecule has 0 bridgehead atoms. The second-order valence-electron chi connectivity index (χ2n) is 5.64. The Morgan fingerprint density at radius 2 is 2.12 bits per heavy atom. The number of nitrogens with one attached hydrogen (secondary N) is 2. The minimum absolute atomic E-state index is 0. The molecule has 1 saturated heterocycles. The molecule has 2 aromatic carbocycles. The van der Waals surface area contributed by atoms with Crippen LogP contribution in [0, 0.1) is 0 Å². The van der Waals surface area contributed by atoms with Gasteiger partial charge in [0.1, 0.15) is 11.0 Å². The monoisotopic (exact) mass is 375 g/mol. The number of carbonyl (C=O) groups is 1. The third kappa shape index (κ3) is 3.99. The summed E-state index contributed by atoms with van der Waals surface area (Å²) in [5.74, 6) is -0.0730. The van der Waals surface area contributed by atoms with E-state index >= 15 is 0 Å². The molecule has 1 unspecified atom stereocenters. The first-order valence-electron chi connectivity index (χ1n) is 7.87. The summed E-state index contributed by atoms with van der Waals surface area (Å²) >= 11 is 1.65. The van der Waals surface area contributed by atoms with Gasteiger partial charge in [0.15, 0.2) is 0 Å². The van der Waals surface area contributed by atoms with Crippen molar-refractivity contribution in [2.45, 2.75) is 6.04 Å². The molecule has 1 aromatic heterocycles. The van der Waals surface area contributed by atoms with Gasteiger partial charge in [0, 0.05) is 17.8 Å². The number of rotatable bonds is 3. The average molecular weight is 376 g/mol. The molecule has 4 rings (SSSR count). The van der Waals surface area contributed by atoms with E-state index in [1.54, 1.807) is 11.3 Å². The molecule has 0 radical (unpaired) electrons. The van der Waals surface area contributed by atoms with Gasteiger partial charge < -0.3 is 15.4 Å². The Morgan fingerprint density at radius 1 is 1.24 bits per heavy atom. The van der Waals surface area contributed by atoms with Crippen molar-refractivity contribution in [3.05, 3.63) is 48.5 Å². The maximum atomic E-state index is 12.3. The van der Waals surface area contributed by atoms with Crippen molar-refractivity contribution in [3.63, 3.8) is 0 Å². The van der Waals surface area contributed by atoms with Gasteiger partial charge >= 0.3 is 0 Å². The largest absolute Gasteiger partial charge is 0.378 e. The Morgan fingerprint density at radius 3 is 2.92 bits per heavy atom. The van der Waals surface area contributed by atoms with Gasteiger partial charge in [-0.15, -0.1) is 23.7 Å². The van der Waals surface area contributed by atoms with Gasteiger partial charge in [-0.25, -0.2) is 4.98 Å². The zero-order chi connectivity index (χ0) is 16.4. The third-order valence-corrected chi connectivity index (χ3v) is 4.99. The second kappa shape index (κ2) is 7.93. The van der Waals surface area contributed by atoms with Crippen LogP contribution in [-0.2, 0) is 9.53 Å². The first kappa shape index (κ1) is 17.8. The van der Waals surface area contributed by atoms with Gasteiger partial charge in [-0.05, 0) is 24.3 Å². The fraction of sp³-hybridized carbons (Fsp3) is 0.222. The fourth-order valence-corrected chi connectivity index (χ4v) is 3.65. The van der Waals surface area contributed by atoms with Crippen molar-refractivity contribution >= 4 is 45.6 Å². The normalized spacial score (nSPS) is 17.0. The van der Waals surface area contributed by atoms with Crippen LogP contribution in [0.3, 0.4) is 0 Å². The van der Waals surface area contributed by atoms with E-state index in [2.05, 4.69) is 21.7 Å². The number of halogens is 1. The first-order valence-corrected chi connectivity index (χ1v) is 8.69. The molecule has 5 nitrogen and oxygen atoms in total. The number of hydrogen-bond donors (Lipinski definition) is 2. The Balaban J connectivity index is 0.00000182. The van der Waals surface area contributed by atoms with Gasteiger partial charge in [0.05, 0.1) is 23.4 Å². The molecule has 1 aliphatic rings. The van der Waals surface area contributed by atoms with Crippen molar-refractivity contribution in [2.24, 2.45) is 0 Å². The van der Waals surface area contributed by atoms with Crippen LogP contribution in [0.5, 0.6) is 0 Å². The quantitative estimate of drug-likeness (QED) is 0.737. The summed E-state index contributed by atoms with van der Waals surface area (Å²) in [6, 6.07) is 15.6. The van der Waals surface area contributed by atoms with Crippen LogP contribution in [0.2, 0.25) is 0 Å².